The molecule has 1 saturated heterocycles. The van der Waals surface area contributed by atoms with E-state index in [1.165, 1.54) is 24.3 Å². The van der Waals surface area contributed by atoms with E-state index in [0.717, 1.165) is 12.1 Å². The Bertz CT molecular complexity index is 552. The first-order valence-electron chi connectivity index (χ1n) is 5.94. The molecule has 1 aromatic carbocycles. The molecule has 0 bridgehead atoms. The highest BCUT2D eigenvalue weighted by molar-refractivity contribution is 7.91. The number of anilines is 1. The van der Waals surface area contributed by atoms with Gasteiger partial charge in [-0.05, 0) is 30.7 Å². The molecule has 2 rings (SSSR count). The molecule has 19 heavy (non-hydrogen) atoms. The fourth-order valence-electron chi connectivity index (χ4n) is 2.07. The average molecular weight is 290 g/mol. The van der Waals surface area contributed by atoms with E-state index < -0.39 is 15.6 Å². The first kappa shape index (κ1) is 14.2. The molecule has 0 amide bonds. The van der Waals surface area contributed by atoms with E-state index >= 15 is 0 Å². The van der Waals surface area contributed by atoms with Crippen molar-refractivity contribution >= 4 is 15.5 Å². The molecular weight excluding hydrogens is 274 g/mol. The van der Waals surface area contributed by atoms with Crippen molar-refractivity contribution < 1.29 is 17.2 Å². The summed E-state index contributed by atoms with van der Waals surface area (Å²) in [7, 11) is -4.51. The quantitative estimate of drug-likeness (QED) is 0.915. The van der Waals surface area contributed by atoms with Crippen molar-refractivity contribution in [2.45, 2.75) is 29.5 Å². The molecule has 0 atom stereocenters. The zero-order chi connectivity index (χ0) is 14.3. The van der Waals surface area contributed by atoms with Crippen LogP contribution in [0.4, 0.5) is 14.5 Å². The van der Waals surface area contributed by atoms with Crippen LogP contribution in [0.1, 0.15) is 13.3 Å². The summed E-state index contributed by atoms with van der Waals surface area (Å²) in [5, 5.41) is 0. The highest BCUT2D eigenvalue weighted by Crippen LogP contribution is 2.29. The lowest BCUT2D eigenvalue weighted by molar-refractivity contribution is 0.234. The summed E-state index contributed by atoms with van der Waals surface area (Å²) in [5.41, 5.74) is 6.63. The summed E-state index contributed by atoms with van der Waals surface area (Å²) >= 11 is 0. The van der Waals surface area contributed by atoms with E-state index in [4.69, 9.17) is 5.73 Å². The zero-order valence-electron chi connectivity index (χ0n) is 10.5. The number of rotatable bonds is 4. The van der Waals surface area contributed by atoms with Crippen LogP contribution in [0.5, 0.6) is 0 Å². The predicted octanol–water partition coefficient (Wildman–Crippen LogP) is 1.61. The van der Waals surface area contributed by atoms with Crippen LogP contribution in [-0.2, 0) is 9.84 Å². The van der Waals surface area contributed by atoms with E-state index in [9.17, 15) is 17.2 Å². The van der Waals surface area contributed by atoms with Crippen LogP contribution in [0.3, 0.4) is 0 Å². The lowest BCUT2D eigenvalue weighted by Gasteiger charge is -2.48. The van der Waals surface area contributed by atoms with E-state index in [1.807, 2.05) is 11.8 Å². The Morgan fingerprint density at radius 2 is 1.84 bits per heavy atom. The number of halogens is 2. The van der Waals surface area contributed by atoms with Crippen molar-refractivity contribution in [3.05, 3.63) is 24.3 Å². The van der Waals surface area contributed by atoms with Gasteiger partial charge in [-0.3, -0.25) is 0 Å². The van der Waals surface area contributed by atoms with E-state index in [0.29, 0.717) is 13.1 Å². The number of nitrogens with two attached hydrogens (primary N) is 1. The van der Waals surface area contributed by atoms with Gasteiger partial charge >= 0.3 is 5.76 Å². The average Bonchev–Trinajstić information content (AvgIpc) is 2.35. The van der Waals surface area contributed by atoms with Gasteiger partial charge in [-0.25, -0.2) is 8.42 Å². The second kappa shape index (κ2) is 4.72. The third kappa shape index (κ3) is 2.57. The van der Waals surface area contributed by atoms with Gasteiger partial charge in [-0.1, -0.05) is 6.92 Å². The van der Waals surface area contributed by atoms with Crippen LogP contribution >= 0.6 is 0 Å². The largest absolute Gasteiger partial charge is 0.368 e. The maximum Gasteiger partial charge on any atom is 0.341 e. The Labute approximate surface area is 111 Å². The standard InChI is InChI=1S/C12H16F2N2O2S/c1-2-12(15)7-16(8-12)9-3-5-10(6-4-9)19(17,18)11(13)14/h3-6,11H,2,7-8,15H2,1H3. The zero-order valence-corrected chi connectivity index (χ0v) is 11.3. The SMILES string of the molecule is CCC1(N)CN(c2ccc(S(=O)(=O)C(F)F)cc2)C1. The number of alkyl halides is 2. The van der Waals surface area contributed by atoms with E-state index in [2.05, 4.69) is 0 Å². The van der Waals surface area contributed by atoms with Gasteiger partial charge in [0, 0.05) is 18.8 Å². The van der Waals surface area contributed by atoms with Crippen LogP contribution in [0, 0.1) is 0 Å². The number of hydrogen-bond donors (Lipinski definition) is 1. The molecule has 1 aliphatic rings. The van der Waals surface area contributed by atoms with Crippen LogP contribution in [0.15, 0.2) is 29.2 Å². The van der Waals surface area contributed by atoms with Crippen molar-refractivity contribution in [3.63, 3.8) is 0 Å². The summed E-state index contributed by atoms with van der Waals surface area (Å²) in [6.07, 6.45) is 0.862. The molecule has 0 radical (unpaired) electrons. The van der Waals surface area contributed by atoms with E-state index in [-0.39, 0.29) is 10.4 Å². The van der Waals surface area contributed by atoms with Crippen LogP contribution in [0.2, 0.25) is 0 Å². The molecule has 106 valence electrons. The van der Waals surface area contributed by atoms with E-state index in [1.54, 1.807) is 0 Å². The summed E-state index contributed by atoms with van der Waals surface area (Å²) in [5.74, 6) is -3.39. The summed E-state index contributed by atoms with van der Waals surface area (Å²) in [4.78, 5) is 1.63. The maximum atomic E-state index is 12.4. The molecule has 0 aliphatic carbocycles. The molecular formula is C12H16F2N2O2S. The lowest BCUT2D eigenvalue weighted by Crippen LogP contribution is -2.67. The normalized spacial score (nSPS) is 18.5. The smallest absolute Gasteiger partial charge is 0.341 e. The maximum absolute atomic E-state index is 12.4. The molecule has 7 heteroatoms. The van der Waals surface area contributed by atoms with Crippen molar-refractivity contribution in [1.29, 1.82) is 0 Å². The molecule has 4 nitrogen and oxygen atoms in total. The second-order valence-electron chi connectivity index (χ2n) is 4.87. The van der Waals surface area contributed by atoms with Gasteiger partial charge in [0.1, 0.15) is 0 Å². The number of benzene rings is 1. The summed E-state index contributed by atoms with van der Waals surface area (Å²) in [6, 6.07) is 5.48. The third-order valence-corrected chi connectivity index (χ3v) is 4.88. The Hall–Kier alpha value is -1.21. The summed E-state index contributed by atoms with van der Waals surface area (Å²) in [6.45, 7) is 3.38. The molecule has 0 saturated carbocycles. The van der Waals surface area contributed by atoms with Gasteiger partial charge in [0.2, 0.25) is 9.84 Å². The number of nitrogens with zero attached hydrogens (tertiary/aromatic N) is 1. The molecule has 1 aromatic rings. The van der Waals surface area contributed by atoms with Crippen molar-refractivity contribution in [1.82, 2.24) is 0 Å². The number of sulfone groups is 1. The van der Waals surface area contributed by atoms with Crippen molar-refractivity contribution in [3.8, 4) is 0 Å². The van der Waals surface area contributed by atoms with Gasteiger partial charge in [-0.15, -0.1) is 0 Å². The highest BCUT2D eigenvalue weighted by atomic mass is 32.2. The monoisotopic (exact) mass is 290 g/mol. The Balaban J connectivity index is 2.13. The van der Waals surface area contributed by atoms with Gasteiger partial charge in [-0.2, -0.15) is 8.78 Å². The van der Waals surface area contributed by atoms with Gasteiger partial charge in [0.15, 0.2) is 0 Å². The Morgan fingerprint density at radius 3 is 2.26 bits per heavy atom. The van der Waals surface area contributed by atoms with Crippen molar-refractivity contribution in [2.75, 3.05) is 18.0 Å². The minimum Gasteiger partial charge on any atom is -0.368 e. The number of hydrogen-bond acceptors (Lipinski definition) is 4. The molecule has 1 aliphatic heterocycles. The molecule has 1 heterocycles. The van der Waals surface area contributed by atoms with Crippen LogP contribution in [-0.4, -0.2) is 32.8 Å². The second-order valence-corrected chi connectivity index (χ2v) is 6.79. The Morgan fingerprint density at radius 1 is 1.32 bits per heavy atom. The molecule has 0 spiro atoms. The van der Waals surface area contributed by atoms with Crippen LogP contribution < -0.4 is 10.6 Å². The molecule has 2 N–H and O–H groups in total. The highest BCUT2D eigenvalue weighted by Gasteiger charge is 2.37. The predicted molar refractivity (Wildman–Crippen MR) is 69.1 cm³/mol. The minimum atomic E-state index is -4.51. The molecule has 0 aromatic heterocycles. The molecule has 0 unspecified atom stereocenters. The van der Waals surface area contributed by atoms with Gasteiger partial charge in [0.25, 0.3) is 0 Å². The van der Waals surface area contributed by atoms with Crippen LogP contribution in [0.25, 0.3) is 0 Å². The first-order chi connectivity index (χ1) is 8.78. The minimum absolute atomic E-state index is 0.201. The fourth-order valence-corrected chi connectivity index (χ4v) is 2.79. The lowest BCUT2D eigenvalue weighted by atomic mass is 9.88. The molecule has 1 fully saturated rings. The third-order valence-electron chi connectivity index (χ3n) is 3.48. The summed E-state index contributed by atoms with van der Waals surface area (Å²) < 4.78 is 47.3. The first-order valence-corrected chi connectivity index (χ1v) is 7.49. The fraction of sp³-hybridized carbons (Fsp3) is 0.500. The van der Waals surface area contributed by atoms with Gasteiger partial charge < -0.3 is 10.6 Å². The Kier molecular flexibility index (Phi) is 3.53. The topological polar surface area (TPSA) is 63.4 Å². The van der Waals surface area contributed by atoms with Crippen molar-refractivity contribution in [2.24, 2.45) is 5.73 Å². The van der Waals surface area contributed by atoms with Gasteiger partial charge in [0.05, 0.1) is 10.4 Å².